The Bertz CT molecular complexity index is 1130. The summed E-state index contributed by atoms with van der Waals surface area (Å²) in [5.41, 5.74) is 1.36. The number of non-ortho nitro benzene ring substituents is 1. The molecular formula is C22H19N3O7. The Hall–Kier alpha value is -4.47. The minimum atomic E-state index is -0.585. The monoisotopic (exact) mass is 437 g/mol. The van der Waals surface area contributed by atoms with Crippen LogP contribution in [-0.2, 0) is 20.9 Å². The first kappa shape index (κ1) is 22.2. The summed E-state index contributed by atoms with van der Waals surface area (Å²) >= 11 is 0. The van der Waals surface area contributed by atoms with Gasteiger partial charge in [-0.1, -0.05) is 18.2 Å². The number of carbonyl (C=O) groups is 1. The van der Waals surface area contributed by atoms with E-state index in [1.165, 1.54) is 45.0 Å². The van der Waals surface area contributed by atoms with Gasteiger partial charge in [-0.15, -0.1) is 0 Å². The maximum Gasteiger partial charge on any atom is 0.341 e. The molecule has 0 atom stereocenters. The number of nitrogens with zero attached hydrogens (tertiary/aromatic N) is 3. The lowest BCUT2D eigenvalue weighted by molar-refractivity contribution is -0.384. The van der Waals surface area contributed by atoms with E-state index in [4.69, 9.17) is 18.9 Å². The molecule has 0 saturated carbocycles. The molecule has 0 amide bonds. The molecule has 0 unspecified atom stereocenters. The van der Waals surface area contributed by atoms with Crippen LogP contribution < -0.4 is 9.47 Å². The molecule has 0 aliphatic carbocycles. The summed E-state index contributed by atoms with van der Waals surface area (Å²) in [4.78, 5) is 30.5. The molecule has 0 N–H and O–H groups in total. The van der Waals surface area contributed by atoms with Crippen molar-refractivity contribution in [2.45, 2.75) is 6.61 Å². The first-order valence-corrected chi connectivity index (χ1v) is 9.28. The minimum Gasteiger partial charge on any atom is -0.503 e. The van der Waals surface area contributed by atoms with Crippen LogP contribution in [0.15, 0.2) is 67.2 Å². The Morgan fingerprint density at radius 3 is 2.47 bits per heavy atom. The van der Waals surface area contributed by atoms with Crippen LogP contribution in [0.3, 0.4) is 0 Å². The topological polar surface area (TPSA) is 123 Å². The van der Waals surface area contributed by atoms with E-state index in [0.29, 0.717) is 11.3 Å². The number of esters is 1. The fraction of sp³-hybridized carbons (Fsp3) is 0.136. The van der Waals surface area contributed by atoms with E-state index in [1.807, 2.05) is 0 Å². The average molecular weight is 437 g/mol. The first-order chi connectivity index (χ1) is 15.5. The van der Waals surface area contributed by atoms with Gasteiger partial charge in [0.1, 0.15) is 24.3 Å². The predicted molar refractivity (Wildman–Crippen MR) is 113 cm³/mol. The Morgan fingerprint density at radius 2 is 1.78 bits per heavy atom. The van der Waals surface area contributed by atoms with Crippen LogP contribution in [0, 0.1) is 10.1 Å². The number of hydrogen-bond acceptors (Lipinski definition) is 9. The van der Waals surface area contributed by atoms with Crippen LogP contribution in [0.4, 0.5) is 5.69 Å². The van der Waals surface area contributed by atoms with E-state index in [2.05, 4.69) is 9.97 Å². The number of nitro groups is 1. The third kappa shape index (κ3) is 5.57. The molecule has 3 aromatic rings. The second-order valence-electron chi connectivity index (χ2n) is 6.26. The van der Waals surface area contributed by atoms with Crippen LogP contribution in [0.1, 0.15) is 11.1 Å². The molecule has 1 aromatic heterocycles. The summed E-state index contributed by atoms with van der Waals surface area (Å²) in [7, 11) is 2.69. The quantitative estimate of drug-likeness (QED) is 0.161. The molecule has 0 aliphatic heterocycles. The summed E-state index contributed by atoms with van der Waals surface area (Å²) in [6.45, 7) is 0.147. The highest BCUT2D eigenvalue weighted by Gasteiger charge is 2.18. The van der Waals surface area contributed by atoms with Gasteiger partial charge in [-0.3, -0.25) is 10.1 Å². The van der Waals surface area contributed by atoms with Crippen molar-refractivity contribution in [3.05, 3.63) is 88.4 Å². The lowest BCUT2D eigenvalue weighted by Crippen LogP contribution is -2.06. The van der Waals surface area contributed by atoms with Gasteiger partial charge in [0.2, 0.25) is 11.8 Å². The van der Waals surface area contributed by atoms with Gasteiger partial charge >= 0.3 is 5.97 Å². The van der Waals surface area contributed by atoms with Gasteiger partial charge in [-0.05, 0) is 23.8 Å². The van der Waals surface area contributed by atoms with E-state index in [-0.39, 0.29) is 29.6 Å². The van der Waals surface area contributed by atoms with Gasteiger partial charge in [0.25, 0.3) is 5.69 Å². The van der Waals surface area contributed by atoms with Crippen molar-refractivity contribution >= 4 is 17.2 Å². The van der Waals surface area contributed by atoms with E-state index in [0.717, 1.165) is 5.56 Å². The molecule has 10 heteroatoms. The molecule has 0 saturated heterocycles. The largest absolute Gasteiger partial charge is 0.503 e. The zero-order valence-electron chi connectivity index (χ0n) is 17.3. The molecule has 2 aromatic carbocycles. The van der Waals surface area contributed by atoms with Gasteiger partial charge in [0.05, 0.1) is 31.5 Å². The molecule has 0 fully saturated rings. The van der Waals surface area contributed by atoms with Gasteiger partial charge in [-0.2, -0.15) is 0 Å². The predicted octanol–water partition coefficient (Wildman–Crippen LogP) is 3.92. The number of ether oxygens (including phenoxy) is 4. The highest BCUT2D eigenvalue weighted by Crippen LogP contribution is 2.31. The number of nitro benzene ring substituents is 1. The normalized spacial score (nSPS) is 10.9. The average Bonchev–Trinajstić information content (AvgIpc) is 2.82. The van der Waals surface area contributed by atoms with Gasteiger partial charge in [0.15, 0.2) is 0 Å². The summed E-state index contributed by atoms with van der Waals surface area (Å²) in [6.07, 6.45) is 2.54. The highest BCUT2D eigenvalue weighted by molar-refractivity contribution is 6.17. The van der Waals surface area contributed by atoms with Crippen molar-refractivity contribution in [3.63, 3.8) is 0 Å². The maximum absolute atomic E-state index is 12.1. The highest BCUT2D eigenvalue weighted by atomic mass is 16.6. The van der Waals surface area contributed by atoms with E-state index < -0.39 is 10.9 Å². The molecule has 0 aliphatic rings. The number of rotatable bonds is 9. The number of aromatic nitrogens is 2. The standard InChI is InChI=1S/C22H19N3O7/c1-29-13-18(22(26)30-2)17-5-3-4-6-19(17)32-21-11-20(23-14-24-21)31-12-15-7-9-16(10-8-15)25(27)28/h3-11,13-14H,12H2,1-2H3/b18-13+. The van der Waals surface area contributed by atoms with E-state index in [1.54, 1.807) is 36.4 Å². The third-order valence-corrected chi connectivity index (χ3v) is 4.18. The van der Waals surface area contributed by atoms with Crippen molar-refractivity contribution in [1.29, 1.82) is 0 Å². The number of benzene rings is 2. The number of para-hydroxylation sites is 1. The van der Waals surface area contributed by atoms with Crippen molar-refractivity contribution in [2.24, 2.45) is 0 Å². The fourth-order valence-corrected chi connectivity index (χ4v) is 2.67. The number of carbonyl (C=O) groups excluding carboxylic acids is 1. The fourth-order valence-electron chi connectivity index (χ4n) is 2.67. The second-order valence-corrected chi connectivity index (χ2v) is 6.26. The Morgan fingerprint density at radius 1 is 1.06 bits per heavy atom. The van der Waals surface area contributed by atoms with Crippen LogP contribution in [0.2, 0.25) is 0 Å². The Labute approximate surface area is 183 Å². The number of methoxy groups -OCH3 is 2. The summed E-state index contributed by atoms with van der Waals surface area (Å²) in [6, 6.07) is 14.3. The molecule has 0 bridgehead atoms. The summed E-state index contributed by atoms with van der Waals surface area (Å²) in [5, 5.41) is 10.7. The molecule has 1 heterocycles. The number of hydrogen-bond donors (Lipinski definition) is 0. The van der Waals surface area contributed by atoms with Gasteiger partial charge < -0.3 is 18.9 Å². The van der Waals surface area contributed by atoms with Crippen molar-refractivity contribution in [1.82, 2.24) is 9.97 Å². The zero-order valence-corrected chi connectivity index (χ0v) is 17.3. The van der Waals surface area contributed by atoms with Crippen LogP contribution in [-0.4, -0.2) is 35.1 Å². The third-order valence-electron chi connectivity index (χ3n) is 4.18. The Balaban J connectivity index is 1.76. The molecular weight excluding hydrogens is 418 g/mol. The summed E-state index contributed by atoms with van der Waals surface area (Å²) < 4.78 is 21.3. The van der Waals surface area contributed by atoms with Gasteiger partial charge in [-0.25, -0.2) is 14.8 Å². The van der Waals surface area contributed by atoms with Crippen molar-refractivity contribution < 1.29 is 28.7 Å². The van der Waals surface area contributed by atoms with E-state index >= 15 is 0 Å². The zero-order chi connectivity index (χ0) is 22.9. The smallest absolute Gasteiger partial charge is 0.341 e. The van der Waals surface area contributed by atoms with Gasteiger partial charge in [0, 0.05) is 17.7 Å². The lowest BCUT2D eigenvalue weighted by Gasteiger charge is -2.12. The van der Waals surface area contributed by atoms with Crippen molar-refractivity contribution in [3.8, 4) is 17.5 Å². The molecule has 32 heavy (non-hydrogen) atoms. The minimum absolute atomic E-state index is 0.000941. The molecule has 0 radical (unpaired) electrons. The lowest BCUT2D eigenvalue weighted by atomic mass is 10.1. The van der Waals surface area contributed by atoms with E-state index in [9.17, 15) is 14.9 Å². The molecule has 10 nitrogen and oxygen atoms in total. The molecule has 0 spiro atoms. The SMILES string of the molecule is CO/C=C(/C(=O)OC)c1ccccc1Oc1cc(OCc2ccc([N+](=O)[O-])cc2)ncn1. The first-order valence-electron chi connectivity index (χ1n) is 9.28. The second kappa shape index (κ2) is 10.5. The Kier molecular flexibility index (Phi) is 7.31. The van der Waals surface area contributed by atoms with Crippen LogP contribution in [0.5, 0.6) is 17.5 Å². The van der Waals surface area contributed by atoms with Crippen LogP contribution >= 0.6 is 0 Å². The maximum atomic E-state index is 12.1. The van der Waals surface area contributed by atoms with Crippen LogP contribution in [0.25, 0.3) is 5.57 Å². The molecule has 164 valence electrons. The summed E-state index contributed by atoms with van der Waals surface area (Å²) in [5.74, 6) is 0.193. The van der Waals surface area contributed by atoms with Crippen molar-refractivity contribution in [2.75, 3.05) is 14.2 Å². The molecule has 3 rings (SSSR count).